The van der Waals surface area contributed by atoms with E-state index in [0.29, 0.717) is 22.3 Å². The fourth-order valence-corrected chi connectivity index (χ4v) is 1.84. The zero-order chi connectivity index (χ0) is 15.2. The van der Waals surface area contributed by atoms with Gasteiger partial charge in [0.1, 0.15) is 0 Å². The lowest BCUT2D eigenvalue weighted by Crippen LogP contribution is -1.91. The Morgan fingerprint density at radius 2 is 1.76 bits per heavy atom. The highest BCUT2D eigenvalue weighted by Gasteiger charge is 2.11. The number of para-hydroxylation sites is 1. The van der Waals surface area contributed by atoms with Gasteiger partial charge in [-0.1, -0.05) is 24.3 Å². The monoisotopic (exact) mass is 275 g/mol. The summed E-state index contributed by atoms with van der Waals surface area (Å²) in [7, 11) is 0. The second kappa shape index (κ2) is 6.14. The number of hydrogen-bond donors (Lipinski definition) is 0. The van der Waals surface area contributed by atoms with Crippen molar-refractivity contribution in [1.29, 1.82) is 10.5 Å². The molecular weight excluding hydrogens is 266 g/mol. The predicted molar refractivity (Wildman–Crippen MR) is 77.7 cm³/mol. The zero-order valence-electron chi connectivity index (χ0n) is 10.9. The van der Waals surface area contributed by atoms with Crippen LogP contribution in [-0.2, 0) is 0 Å². The standard InChI is InChI=1S/C16H9N3O2/c17-10-12-5-7-13(8-6-12)15(11-18)9-14-3-1-2-4-16(14)19(20)21/h1-9H/b15-9+. The molecule has 0 heterocycles. The molecule has 2 aromatic rings. The van der Waals surface area contributed by atoms with Crippen LogP contribution in [0.1, 0.15) is 16.7 Å². The quantitative estimate of drug-likeness (QED) is 0.371. The van der Waals surface area contributed by atoms with Crippen molar-refractivity contribution in [2.75, 3.05) is 0 Å². The summed E-state index contributed by atoms with van der Waals surface area (Å²) in [6, 6.07) is 16.7. The van der Waals surface area contributed by atoms with Crippen molar-refractivity contribution in [1.82, 2.24) is 0 Å². The van der Waals surface area contributed by atoms with Gasteiger partial charge in [-0.05, 0) is 29.8 Å². The highest BCUT2D eigenvalue weighted by atomic mass is 16.6. The minimum absolute atomic E-state index is 0.0566. The Labute approximate surface area is 121 Å². The van der Waals surface area contributed by atoms with Gasteiger partial charge in [-0.25, -0.2) is 0 Å². The van der Waals surface area contributed by atoms with E-state index < -0.39 is 4.92 Å². The molecule has 0 aliphatic carbocycles. The van der Waals surface area contributed by atoms with Crippen LogP contribution in [0.15, 0.2) is 48.5 Å². The maximum atomic E-state index is 11.0. The second-order valence-corrected chi connectivity index (χ2v) is 4.17. The molecule has 0 aromatic heterocycles. The summed E-state index contributed by atoms with van der Waals surface area (Å²) in [5.41, 5.74) is 1.70. The summed E-state index contributed by atoms with van der Waals surface area (Å²) < 4.78 is 0. The average molecular weight is 275 g/mol. The highest BCUT2D eigenvalue weighted by molar-refractivity contribution is 5.91. The first-order valence-corrected chi connectivity index (χ1v) is 6.01. The smallest absolute Gasteiger partial charge is 0.258 e. The number of benzene rings is 2. The Balaban J connectivity index is 2.49. The van der Waals surface area contributed by atoms with Gasteiger partial charge in [-0.15, -0.1) is 0 Å². The molecule has 0 radical (unpaired) electrons. The molecule has 0 aliphatic heterocycles. The fourth-order valence-electron chi connectivity index (χ4n) is 1.84. The third-order valence-corrected chi connectivity index (χ3v) is 2.88. The van der Waals surface area contributed by atoms with E-state index in [0.717, 1.165) is 0 Å². The van der Waals surface area contributed by atoms with Gasteiger partial charge in [0.15, 0.2) is 0 Å². The van der Waals surface area contributed by atoms with Crippen LogP contribution in [0.4, 0.5) is 5.69 Å². The van der Waals surface area contributed by atoms with E-state index in [2.05, 4.69) is 0 Å². The van der Waals surface area contributed by atoms with E-state index in [4.69, 9.17) is 5.26 Å². The molecule has 0 amide bonds. The van der Waals surface area contributed by atoms with Crippen LogP contribution in [0.25, 0.3) is 11.6 Å². The maximum Gasteiger partial charge on any atom is 0.276 e. The summed E-state index contributed by atoms with van der Waals surface area (Å²) in [5.74, 6) is 0. The van der Waals surface area contributed by atoms with Gasteiger partial charge in [-0.3, -0.25) is 10.1 Å². The molecule has 0 saturated heterocycles. The lowest BCUT2D eigenvalue weighted by Gasteiger charge is -2.01. The average Bonchev–Trinajstić information content (AvgIpc) is 2.53. The summed E-state index contributed by atoms with van der Waals surface area (Å²) in [6.07, 6.45) is 1.47. The third-order valence-electron chi connectivity index (χ3n) is 2.88. The molecule has 0 N–H and O–H groups in total. The molecule has 0 aliphatic rings. The van der Waals surface area contributed by atoms with Crippen LogP contribution in [0.3, 0.4) is 0 Å². The number of nitro benzene ring substituents is 1. The molecule has 0 saturated carbocycles. The van der Waals surface area contributed by atoms with Crippen molar-refractivity contribution in [3.8, 4) is 12.1 Å². The van der Waals surface area contributed by atoms with Crippen LogP contribution in [-0.4, -0.2) is 4.92 Å². The van der Waals surface area contributed by atoms with E-state index in [1.165, 1.54) is 12.1 Å². The Morgan fingerprint density at radius 3 is 2.33 bits per heavy atom. The molecule has 21 heavy (non-hydrogen) atoms. The topological polar surface area (TPSA) is 90.7 Å². The molecule has 0 bridgehead atoms. The lowest BCUT2D eigenvalue weighted by atomic mass is 10.0. The Morgan fingerprint density at radius 1 is 1.10 bits per heavy atom. The molecule has 0 fully saturated rings. The van der Waals surface area contributed by atoms with Gasteiger partial charge >= 0.3 is 0 Å². The molecule has 100 valence electrons. The molecule has 5 heteroatoms. The molecule has 2 aromatic carbocycles. The van der Waals surface area contributed by atoms with Crippen molar-refractivity contribution < 1.29 is 4.92 Å². The van der Waals surface area contributed by atoms with Crippen LogP contribution in [0.5, 0.6) is 0 Å². The van der Waals surface area contributed by atoms with Crippen LogP contribution in [0.2, 0.25) is 0 Å². The fraction of sp³-hybridized carbons (Fsp3) is 0. The van der Waals surface area contributed by atoms with Crippen molar-refractivity contribution in [2.45, 2.75) is 0 Å². The van der Waals surface area contributed by atoms with Crippen LogP contribution in [0, 0.1) is 32.8 Å². The number of hydrogen-bond acceptors (Lipinski definition) is 4. The minimum Gasteiger partial charge on any atom is -0.258 e. The van der Waals surface area contributed by atoms with Crippen LogP contribution >= 0.6 is 0 Å². The third kappa shape index (κ3) is 3.12. The number of allylic oxidation sites excluding steroid dienone is 1. The summed E-state index contributed by atoms with van der Waals surface area (Å²) in [5, 5.41) is 29.0. The van der Waals surface area contributed by atoms with Gasteiger partial charge in [0.05, 0.1) is 33.8 Å². The number of nitrogens with zero attached hydrogens (tertiary/aromatic N) is 3. The van der Waals surface area contributed by atoms with Gasteiger partial charge in [-0.2, -0.15) is 10.5 Å². The van der Waals surface area contributed by atoms with Crippen molar-refractivity contribution in [3.05, 3.63) is 75.3 Å². The first kappa shape index (κ1) is 14.0. The van der Waals surface area contributed by atoms with E-state index in [1.54, 1.807) is 42.5 Å². The normalized spacial score (nSPS) is 10.5. The van der Waals surface area contributed by atoms with E-state index in [9.17, 15) is 15.4 Å². The van der Waals surface area contributed by atoms with Crippen molar-refractivity contribution >= 4 is 17.3 Å². The largest absolute Gasteiger partial charge is 0.276 e. The van der Waals surface area contributed by atoms with Gasteiger partial charge in [0, 0.05) is 6.07 Å². The SMILES string of the molecule is N#C/C(=C\c1ccccc1[N+](=O)[O-])c1ccc(C#N)cc1. The first-order valence-electron chi connectivity index (χ1n) is 6.01. The van der Waals surface area contributed by atoms with E-state index in [-0.39, 0.29) is 5.69 Å². The molecule has 5 nitrogen and oxygen atoms in total. The zero-order valence-corrected chi connectivity index (χ0v) is 10.9. The Bertz CT molecular complexity index is 794. The summed E-state index contributed by atoms with van der Waals surface area (Å²) >= 11 is 0. The number of nitro groups is 1. The van der Waals surface area contributed by atoms with Gasteiger partial charge < -0.3 is 0 Å². The van der Waals surface area contributed by atoms with E-state index in [1.807, 2.05) is 12.1 Å². The molecule has 2 rings (SSSR count). The first-order chi connectivity index (χ1) is 10.2. The Kier molecular flexibility index (Phi) is 4.09. The highest BCUT2D eigenvalue weighted by Crippen LogP contribution is 2.24. The molecule has 0 spiro atoms. The van der Waals surface area contributed by atoms with E-state index >= 15 is 0 Å². The van der Waals surface area contributed by atoms with Crippen molar-refractivity contribution in [3.63, 3.8) is 0 Å². The summed E-state index contributed by atoms with van der Waals surface area (Å²) in [4.78, 5) is 10.5. The second-order valence-electron chi connectivity index (χ2n) is 4.17. The molecule has 0 atom stereocenters. The lowest BCUT2D eigenvalue weighted by molar-refractivity contribution is -0.385. The Hall–Kier alpha value is -3.44. The van der Waals surface area contributed by atoms with Gasteiger partial charge in [0.2, 0.25) is 0 Å². The van der Waals surface area contributed by atoms with Gasteiger partial charge in [0.25, 0.3) is 5.69 Å². The number of rotatable bonds is 3. The van der Waals surface area contributed by atoms with Crippen LogP contribution < -0.4 is 0 Å². The number of nitriles is 2. The maximum absolute atomic E-state index is 11.0. The predicted octanol–water partition coefficient (Wildman–Crippen LogP) is 3.53. The molecule has 0 unspecified atom stereocenters. The molecular formula is C16H9N3O2. The minimum atomic E-state index is -0.487. The van der Waals surface area contributed by atoms with Crippen molar-refractivity contribution in [2.24, 2.45) is 0 Å². The summed E-state index contributed by atoms with van der Waals surface area (Å²) in [6.45, 7) is 0.